The molecule has 140 valence electrons. The molecule has 2 fully saturated rings. The molecule has 26 heavy (non-hydrogen) atoms. The van der Waals surface area contributed by atoms with Gasteiger partial charge in [-0.25, -0.2) is 0 Å². The van der Waals surface area contributed by atoms with Crippen LogP contribution < -0.4 is 10.6 Å². The monoisotopic (exact) mass is 355 g/mol. The number of fused-ring (bicyclic) bond motifs is 1. The molecule has 0 aliphatic carbocycles. The van der Waals surface area contributed by atoms with Gasteiger partial charge in [0.15, 0.2) is 0 Å². The van der Waals surface area contributed by atoms with Crippen LogP contribution in [0.1, 0.15) is 30.5 Å². The van der Waals surface area contributed by atoms with Crippen LogP contribution in [0.25, 0.3) is 10.9 Å². The Bertz CT molecular complexity index is 821. The van der Waals surface area contributed by atoms with Crippen LogP contribution in [0.5, 0.6) is 0 Å². The largest absolute Gasteiger partial charge is 0.349 e. The normalized spacial score (nSPS) is 23.0. The highest BCUT2D eigenvalue weighted by atomic mass is 16.2. The molecular weight excluding hydrogens is 326 g/mol. The molecule has 1 aromatic heterocycles. The summed E-state index contributed by atoms with van der Waals surface area (Å²) < 4.78 is 1.89. The predicted molar refractivity (Wildman–Crippen MR) is 103 cm³/mol. The number of carbonyl (C=O) groups excluding carboxylic acids is 1. The Labute approximate surface area is 154 Å². The van der Waals surface area contributed by atoms with Crippen molar-refractivity contribution in [2.24, 2.45) is 12.5 Å². The molecule has 3 heterocycles. The van der Waals surface area contributed by atoms with Gasteiger partial charge in [0.25, 0.3) is 0 Å². The average molecular weight is 355 g/mol. The lowest BCUT2D eigenvalue weighted by atomic mass is 9.77. The molecule has 2 aliphatic rings. The van der Waals surface area contributed by atoms with Crippen LogP contribution in [0.3, 0.4) is 0 Å². The van der Waals surface area contributed by atoms with E-state index in [1.165, 1.54) is 18.4 Å². The highest BCUT2D eigenvalue weighted by molar-refractivity contribution is 5.85. The van der Waals surface area contributed by atoms with Gasteiger partial charge in [0.2, 0.25) is 5.91 Å². The first kappa shape index (κ1) is 17.5. The van der Waals surface area contributed by atoms with Gasteiger partial charge in [0.05, 0.1) is 23.8 Å². The number of likely N-dealkylation sites (tertiary alicyclic amines) is 1. The third kappa shape index (κ3) is 3.12. The SMILES string of the molecule is Cc1ccc2c(c1)c(CNC(=O)[C@H]1CC3(CCNCC3)CN1C)nn2C. The van der Waals surface area contributed by atoms with Crippen LogP contribution in [0, 0.1) is 12.3 Å². The molecule has 2 aromatic rings. The standard InChI is InChI=1S/C20H29N5O/c1-14-4-5-17-15(10-14)16(23-25(17)3)12-22-19(26)18-11-20(13-24(18)2)6-8-21-9-7-20/h4-5,10,18,21H,6-9,11-13H2,1-3H3,(H,22,26)/t18-/m1/s1. The molecule has 2 N–H and O–H groups in total. The molecule has 2 aliphatic heterocycles. The van der Waals surface area contributed by atoms with Crippen molar-refractivity contribution >= 4 is 16.8 Å². The summed E-state index contributed by atoms with van der Waals surface area (Å²) in [5.41, 5.74) is 3.57. The Hall–Kier alpha value is -1.92. The molecule has 4 rings (SSSR count). The van der Waals surface area contributed by atoms with E-state index in [2.05, 4.69) is 52.8 Å². The van der Waals surface area contributed by atoms with Gasteiger partial charge in [-0.2, -0.15) is 5.10 Å². The third-order valence-corrected chi connectivity index (χ3v) is 6.22. The van der Waals surface area contributed by atoms with Crippen molar-refractivity contribution in [2.75, 3.05) is 26.7 Å². The van der Waals surface area contributed by atoms with E-state index in [1.807, 2.05) is 11.7 Å². The van der Waals surface area contributed by atoms with Crippen molar-refractivity contribution < 1.29 is 4.79 Å². The molecule has 0 saturated carbocycles. The van der Waals surface area contributed by atoms with E-state index < -0.39 is 0 Å². The van der Waals surface area contributed by atoms with E-state index >= 15 is 0 Å². The molecule has 0 radical (unpaired) electrons. The summed E-state index contributed by atoms with van der Waals surface area (Å²) in [5.74, 6) is 0.134. The van der Waals surface area contributed by atoms with E-state index in [0.717, 1.165) is 42.7 Å². The number of hydrogen-bond donors (Lipinski definition) is 2. The molecular formula is C20H29N5O. The minimum Gasteiger partial charge on any atom is -0.349 e. The zero-order valence-corrected chi connectivity index (χ0v) is 16.0. The number of benzene rings is 1. The van der Waals surface area contributed by atoms with Gasteiger partial charge in [-0.3, -0.25) is 14.4 Å². The number of hydrogen-bond acceptors (Lipinski definition) is 4. The molecule has 1 atom stereocenters. The van der Waals surface area contributed by atoms with Crippen LogP contribution in [-0.2, 0) is 18.4 Å². The Kier molecular flexibility index (Phi) is 4.49. The minimum atomic E-state index is -0.0233. The Morgan fingerprint density at radius 2 is 2.12 bits per heavy atom. The zero-order valence-electron chi connectivity index (χ0n) is 16.0. The van der Waals surface area contributed by atoms with Gasteiger partial charge >= 0.3 is 0 Å². The molecule has 0 bridgehead atoms. The van der Waals surface area contributed by atoms with E-state index in [0.29, 0.717) is 12.0 Å². The van der Waals surface area contributed by atoms with Gasteiger partial charge in [-0.05, 0) is 63.9 Å². The van der Waals surface area contributed by atoms with Gasteiger partial charge in [0, 0.05) is 19.0 Å². The van der Waals surface area contributed by atoms with Crippen molar-refractivity contribution in [3.05, 3.63) is 29.5 Å². The number of nitrogens with one attached hydrogen (secondary N) is 2. The van der Waals surface area contributed by atoms with Crippen LogP contribution >= 0.6 is 0 Å². The lowest BCUT2D eigenvalue weighted by Gasteiger charge is -2.33. The van der Waals surface area contributed by atoms with Crippen molar-refractivity contribution in [3.8, 4) is 0 Å². The minimum absolute atomic E-state index is 0.0233. The second-order valence-electron chi connectivity index (χ2n) is 8.19. The van der Waals surface area contributed by atoms with Crippen LogP contribution in [0.15, 0.2) is 18.2 Å². The molecule has 1 spiro atoms. The molecule has 2 saturated heterocycles. The van der Waals surface area contributed by atoms with Crippen LogP contribution in [0.2, 0.25) is 0 Å². The molecule has 6 nitrogen and oxygen atoms in total. The summed E-state index contributed by atoms with van der Waals surface area (Å²) in [5, 5.41) is 12.3. The lowest BCUT2D eigenvalue weighted by molar-refractivity contribution is -0.125. The number of amides is 1. The lowest BCUT2D eigenvalue weighted by Crippen LogP contribution is -2.41. The fourth-order valence-corrected chi connectivity index (χ4v) is 4.75. The summed E-state index contributed by atoms with van der Waals surface area (Å²) in [6, 6.07) is 6.31. The van der Waals surface area contributed by atoms with Gasteiger partial charge in [-0.1, -0.05) is 11.6 Å². The van der Waals surface area contributed by atoms with E-state index in [1.54, 1.807) is 0 Å². The quantitative estimate of drug-likeness (QED) is 0.877. The average Bonchev–Trinajstić information content (AvgIpc) is 3.10. The number of piperidine rings is 1. The smallest absolute Gasteiger partial charge is 0.237 e. The summed E-state index contributed by atoms with van der Waals surface area (Å²) in [7, 11) is 4.04. The highest BCUT2D eigenvalue weighted by Gasteiger charge is 2.45. The fraction of sp³-hybridized carbons (Fsp3) is 0.600. The maximum Gasteiger partial charge on any atom is 0.237 e. The first-order valence-electron chi connectivity index (χ1n) is 9.58. The van der Waals surface area contributed by atoms with Crippen molar-refractivity contribution in [1.29, 1.82) is 0 Å². The van der Waals surface area contributed by atoms with Crippen molar-refractivity contribution in [2.45, 2.75) is 38.8 Å². The second kappa shape index (κ2) is 6.67. The second-order valence-corrected chi connectivity index (χ2v) is 8.19. The topological polar surface area (TPSA) is 62.2 Å². The van der Waals surface area contributed by atoms with Crippen LogP contribution in [-0.4, -0.2) is 53.3 Å². The highest BCUT2D eigenvalue weighted by Crippen LogP contribution is 2.41. The van der Waals surface area contributed by atoms with E-state index in [9.17, 15) is 4.79 Å². The molecule has 6 heteroatoms. The Balaban J connectivity index is 1.45. The Morgan fingerprint density at radius 1 is 1.35 bits per heavy atom. The van der Waals surface area contributed by atoms with Gasteiger partial charge in [-0.15, -0.1) is 0 Å². The maximum atomic E-state index is 12.9. The van der Waals surface area contributed by atoms with E-state index in [-0.39, 0.29) is 11.9 Å². The molecule has 1 amide bonds. The van der Waals surface area contributed by atoms with E-state index in [4.69, 9.17) is 0 Å². The number of aromatic nitrogens is 2. The third-order valence-electron chi connectivity index (χ3n) is 6.22. The van der Waals surface area contributed by atoms with Crippen LogP contribution in [0.4, 0.5) is 0 Å². The summed E-state index contributed by atoms with van der Waals surface area (Å²) in [6.07, 6.45) is 3.32. The first-order chi connectivity index (χ1) is 12.5. The van der Waals surface area contributed by atoms with Crippen molar-refractivity contribution in [3.63, 3.8) is 0 Å². The van der Waals surface area contributed by atoms with Crippen molar-refractivity contribution in [1.82, 2.24) is 25.3 Å². The number of carbonyl (C=O) groups is 1. The number of aryl methyl sites for hydroxylation is 2. The first-order valence-corrected chi connectivity index (χ1v) is 9.58. The number of rotatable bonds is 3. The molecule has 1 aromatic carbocycles. The molecule has 0 unspecified atom stereocenters. The maximum absolute atomic E-state index is 12.9. The zero-order chi connectivity index (χ0) is 18.3. The predicted octanol–water partition coefficient (Wildman–Crippen LogP) is 1.57. The number of nitrogens with zero attached hydrogens (tertiary/aromatic N) is 3. The summed E-state index contributed by atoms with van der Waals surface area (Å²) in [6.45, 7) is 5.74. The van der Waals surface area contributed by atoms with Gasteiger partial charge < -0.3 is 10.6 Å². The fourth-order valence-electron chi connectivity index (χ4n) is 4.75. The number of likely N-dealkylation sites (N-methyl/N-ethyl adjacent to an activating group) is 1. The summed E-state index contributed by atoms with van der Waals surface area (Å²) >= 11 is 0. The Morgan fingerprint density at radius 3 is 2.88 bits per heavy atom. The van der Waals surface area contributed by atoms with Gasteiger partial charge in [0.1, 0.15) is 0 Å². The summed E-state index contributed by atoms with van der Waals surface area (Å²) in [4.78, 5) is 15.1.